The zero-order valence-corrected chi connectivity index (χ0v) is 11.4. The fourth-order valence-corrected chi connectivity index (χ4v) is 2.00. The first-order chi connectivity index (χ1) is 10.6. The van der Waals surface area contributed by atoms with Crippen molar-refractivity contribution in [2.45, 2.75) is 0 Å². The van der Waals surface area contributed by atoms with Crippen molar-refractivity contribution < 1.29 is 8.78 Å². The Bertz CT molecular complexity index is 789. The van der Waals surface area contributed by atoms with Crippen LogP contribution in [0.25, 0.3) is 11.3 Å². The molecule has 0 radical (unpaired) electrons. The monoisotopic (exact) mass is 298 g/mol. The van der Waals surface area contributed by atoms with Crippen molar-refractivity contribution in [3.05, 3.63) is 66.2 Å². The number of nitrogens with zero attached hydrogens (tertiary/aromatic N) is 2. The number of nitrogen functional groups attached to an aromatic ring is 1. The second-order valence-electron chi connectivity index (χ2n) is 4.59. The molecule has 0 saturated heterocycles. The van der Waals surface area contributed by atoms with E-state index in [1.165, 1.54) is 24.3 Å². The third kappa shape index (κ3) is 2.85. The second kappa shape index (κ2) is 5.77. The van der Waals surface area contributed by atoms with E-state index in [0.29, 0.717) is 11.3 Å². The third-order valence-electron chi connectivity index (χ3n) is 3.02. The van der Waals surface area contributed by atoms with Crippen LogP contribution in [0, 0.1) is 11.6 Å². The van der Waals surface area contributed by atoms with Gasteiger partial charge in [0, 0.05) is 11.3 Å². The van der Waals surface area contributed by atoms with Gasteiger partial charge >= 0.3 is 0 Å². The van der Waals surface area contributed by atoms with E-state index >= 15 is 0 Å². The molecule has 22 heavy (non-hydrogen) atoms. The van der Waals surface area contributed by atoms with Crippen LogP contribution in [-0.2, 0) is 0 Å². The van der Waals surface area contributed by atoms with Gasteiger partial charge in [-0.15, -0.1) is 0 Å². The van der Waals surface area contributed by atoms with Gasteiger partial charge in [-0.05, 0) is 36.4 Å². The van der Waals surface area contributed by atoms with Gasteiger partial charge in [-0.3, -0.25) is 0 Å². The number of anilines is 3. The van der Waals surface area contributed by atoms with E-state index in [1.807, 2.05) is 18.2 Å². The largest absolute Gasteiger partial charge is 0.368 e. The molecule has 0 aliphatic rings. The van der Waals surface area contributed by atoms with Crippen LogP contribution in [0.2, 0.25) is 0 Å². The molecule has 0 fully saturated rings. The summed E-state index contributed by atoms with van der Waals surface area (Å²) in [5, 5.41) is 2.85. The lowest BCUT2D eigenvalue weighted by Gasteiger charge is -2.10. The standard InChI is InChI=1S/C16H12F2N4/c17-11-8-6-10(7-9-11)14-13(18)15(22-16(19)21-14)20-12-4-2-1-3-5-12/h1-9H,(H3,19,20,21,22). The summed E-state index contributed by atoms with van der Waals surface area (Å²) in [6, 6.07) is 14.4. The van der Waals surface area contributed by atoms with Gasteiger partial charge in [0.25, 0.3) is 0 Å². The van der Waals surface area contributed by atoms with Crippen LogP contribution < -0.4 is 11.1 Å². The summed E-state index contributed by atoms with van der Waals surface area (Å²) in [6.45, 7) is 0. The smallest absolute Gasteiger partial charge is 0.222 e. The Balaban J connectivity index is 2.04. The minimum absolute atomic E-state index is 0.0194. The number of nitrogens with one attached hydrogen (secondary N) is 1. The van der Waals surface area contributed by atoms with Gasteiger partial charge in [0.2, 0.25) is 5.95 Å². The normalized spacial score (nSPS) is 10.5. The first kappa shape index (κ1) is 13.9. The average molecular weight is 298 g/mol. The Hall–Kier alpha value is -3.02. The molecule has 0 unspecified atom stereocenters. The maximum Gasteiger partial charge on any atom is 0.222 e. The van der Waals surface area contributed by atoms with E-state index in [1.54, 1.807) is 12.1 Å². The number of hydrogen-bond acceptors (Lipinski definition) is 4. The van der Waals surface area contributed by atoms with E-state index in [0.717, 1.165) is 0 Å². The van der Waals surface area contributed by atoms with Crippen molar-refractivity contribution in [3.8, 4) is 11.3 Å². The van der Waals surface area contributed by atoms with E-state index in [4.69, 9.17) is 5.73 Å². The zero-order valence-electron chi connectivity index (χ0n) is 11.4. The van der Waals surface area contributed by atoms with Crippen molar-refractivity contribution in [1.82, 2.24) is 9.97 Å². The molecule has 3 aromatic rings. The molecule has 4 nitrogen and oxygen atoms in total. The average Bonchev–Trinajstić information content (AvgIpc) is 2.52. The Morgan fingerprint density at radius 1 is 0.864 bits per heavy atom. The molecule has 0 bridgehead atoms. The van der Waals surface area contributed by atoms with Crippen molar-refractivity contribution in [2.75, 3.05) is 11.1 Å². The van der Waals surface area contributed by atoms with Crippen LogP contribution in [0.1, 0.15) is 0 Å². The molecule has 0 atom stereocenters. The molecule has 3 N–H and O–H groups in total. The first-order valence-electron chi connectivity index (χ1n) is 6.54. The number of benzene rings is 2. The minimum atomic E-state index is -0.648. The van der Waals surface area contributed by atoms with Gasteiger partial charge in [0.1, 0.15) is 11.5 Å². The molecule has 0 spiro atoms. The molecule has 1 aromatic heterocycles. The number of halogens is 2. The highest BCUT2D eigenvalue weighted by molar-refractivity contribution is 5.68. The van der Waals surface area contributed by atoms with Gasteiger partial charge in [0.05, 0.1) is 0 Å². The molecule has 3 rings (SSSR count). The number of para-hydroxylation sites is 1. The molecular formula is C16H12F2N4. The molecule has 6 heteroatoms. The summed E-state index contributed by atoms with van der Waals surface area (Å²) in [5.74, 6) is -1.16. The molecule has 0 aliphatic heterocycles. The number of rotatable bonds is 3. The summed E-state index contributed by atoms with van der Waals surface area (Å²) < 4.78 is 27.6. The molecule has 110 valence electrons. The van der Waals surface area contributed by atoms with Gasteiger partial charge in [0.15, 0.2) is 11.6 Å². The van der Waals surface area contributed by atoms with E-state index in [9.17, 15) is 8.78 Å². The zero-order chi connectivity index (χ0) is 15.5. The molecule has 2 aromatic carbocycles. The van der Waals surface area contributed by atoms with Crippen LogP contribution in [0.3, 0.4) is 0 Å². The lowest BCUT2D eigenvalue weighted by Crippen LogP contribution is -2.05. The van der Waals surface area contributed by atoms with Crippen molar-refractivity contribution in [1.29, 1.82) is 0 Å². The summed E-state index contributed by atoms with van der Waals surface area (Å²) in [5.41, 5.74) is 6.76. The third-order valence-corrected chi connectivity index (χ3v) is 3.02. The highest BCUT2D eigenvalue weighted by Gasteiger charge is 2.15. The number of hydrogen-bond donors (Lipinski definition) is 2. The summed E-state index contributed by atoms with van der Waals surface area (Å²) in [4.78, 5) is 7.78. The van der Waals surface area contributed by atoms with Gasteiger partial charge < -0.3 is 11.1 Å². The highest BCUT2D eigenvalue weighted by atomic mass is 19.1. The van der Waals surface area contributed by atoms with E-state index in [2.05, 4.69) is 15.3 Å². The van der Waals surface area contributed by atoms with Gasteiger partial charge in [-0.2, -0.15) is 4.98 Å². The van der Waals surface area contributed by atoms with Crippen LogP contribution in [0.15, 0.2) is 54.6 Å². The molecule has 0 amide bonds. The maximum absolute atomic E-state index is 14.6. The Labute approximate surface area is 125 Å². The Morgan fingerprint density at radius 3 is 2.23 bits per heavy atom. The van der Waals surface area contributed by atoms with Crippen LogP contribution in [0.4, 0.5) is 26.2 Å². The van der Waals surface area contributed by atoms with Crippen LogP contribution in [-0.4, -0.2) is 9.97 Å². The SMILES string of the molecule is Nc1nc(Nc2ccccc2)c(F)c(-c2ccc(F)cc2)n1. The fourth-order valence-electron chi connectivity index (χ4n) is 2.00. The second-order valence-corrected chi connectivity index (χ2v) is 4.59. The number of aromatic nitrogens is 2. The first-order valence-corrected chi connectivity index (χ1v) is 6.54. The van der Waals surface area contributed by atoms with Crippen LogP contribution in [0.5, 0.6) is 0 Å². The predicted molar refractivity (Wildman–Crippen MR) is 81.5 cm³/mol. The maximum atomic E-state index is 14.6. The van der Waals surface area contributed by atoms with Crippen LogP contribution >= 0.6 is 0 Å². The van der Waals surface area contributed by atoms with Crippen molar-refractivity contribution in [2.24, 2.45) is 0 Å². The Morgan fingerprint density at radius 2 is 1.55 bits per heavy atom. The Kier molecular flexibility index (Phi) is 3.65. The number of nitrogens with two attached hydrogens (primary N) is 1. The van der Waals surface area contributed by atoms with E-state index in [-0.39, 0.29) is 17.5 Å². The minimum Gasteiger partial charge on any atom is -0.368 e. The highest BCUT2D eigenvalue weighted by Crippen LogP contribution is 2.27. The van der Waals surface area contributed by atoms with Crippen molar-refractivity contribution in [3.63, 3.8) is 0 Å². The van der Waals surface area contributed by atoms with Gasteiger partial charge in [-0.25, -0.2) is 13.8 Å². The fraction of sp³-hybridized carbons (Fsp3) is 0. The topological polar surface area (TPSA) is 63.8 Å². The predicted octanol–water partition coefficient (Wildman–Crippen LogP) is 3.75. The lowest BCUT2D eigenvalue weighted by atomic mass is 10.1. The molecular weight excluding hydrogens is 286 g/mol. The summed E-state index contributed by atoms with van der Waals surface area (Å²) >= 11 is 0. The quantitative estimate of drug-likeness (QED) is 0.773. The van der Waals surface area contributed by atoms with Crippen molar-refractivity contribution >= 4 is 17.5 Å². The summed E-state index contributed by atoms with van der Waals surface area (Å²) in [7, 11) is 0. The molecule has 0 saturated carbocycles. The molecule has 1 heterocycles. The summed E-state index contributed by atoms with van der Waals surface area (Å²) in [6.07, 6.45) is 0. The molecule has 0 aliphatic carbocycles. The van der Waals surface area contributed by atoms with Gasteiger partial charge in [-0.1, -0.05) is 18.2 Å². The lowest BCUT2D eigenvalue weighted by molar-refractivity contribution is 0.622. The van der Waals surface area contributed by atoms with E-state index < -0.39 is 11.6 Å².